The van der Waals surface area contributed by atoms with Crippen LogP contribution >= 0.6 is 0 Å². The second-order valence-corrected chi connectivity index (χ2v) is 6.34. The van der Waals surface area contributed by atoms with Crippen LogP contribution in [0.3, 0.4) is 0 Å². The Bertz CT molecular complexity index is 886. The van der Waals surface area contributed by atoms with Crippen molar-refractivity contribution in [2.75, 3.05) is 0 Å². The summed E-state index contributed by atoms with van der Waals surface area (Å²) in [6.07, 6.45) is -7.01. The molecule has 7 nitrogen and oxygen atoms in total. The Morgan fingerprint density at radius 1 is 1.03 bits per heavy atom. The molecule has 160 valence electrons. The predicted molar refractivity (Wildman–Crippen MR) is 98.4 cm³/mol. The number of alkyl halides is 3. The van der Waals surface area contributed by atoms with Gasteiger partial charge in [-0.25, -0.2) is 0 Å². The molecule has 0 fully saturated rings. The maximum atomic E-state index is 12.6. The molecular formula is C20H19F3N2O5. The fourth-order valence-corrected chi connectivity index (χ4v) is 2.44. The van der Waals surface area contributed by atoms with Crippen LogP contribution in [0.1, 0.15) is 29.2 Å². The minimum atomic E-state index is -4.57. The summed E-state index contributed by atoms with van der Waals surface area (Å²) in [6, 6.07) is 10.5. The summed E-state index contributed by atoms with van der Waals surface area (Å²) in [5.41, 5.74) is 4.81. The summed E-state index contributed by atoms with van der Waals surface area (Å²) < 4.78 is 42.8. The first-order valence-electron chi connectivity index (χ1n) is 8.72. The highest BCUT2D eigenvalue weighted by molar-refractivity contribution is 5.91. The SMILES string of the molecule is NC(=O)[C@H](CC(=O)OCc1ccccc1)NC(=O)[C@H](O)c1ccc(C(F)(F)F)cc1. The van der Waals surface area contributed by atoms with Gasteiger partial charge in [-0.2, -0.15) is 13.2 Å². The van der Waals surface area contributed by atoms with Gasteiger partial charge in [0.15, 0.2) is 6.10 Å². The van der Waals surface area contributed by atoms with Crippen molar-refractivity contribution in [3.05, 3.63) is 71.3 Å². The molecule has 0 heterocycles. The fraction of sp³-hybridized carbons (Fsp3) is 0.250. The van der Waals surface area contributed by atoms with Crippen molar-refractivity contribution in [3.63, 3.8) is 0 Å². The lowest BCUT2D eigenvalue weighted by atomic mass is 10.1. The number of rotatable bonds is 8. The number of halogens is 3. The number of primary amides is 1. The van der Waals surface area contributed by atoms with E-state index >= 15 is 0 Å². The summed E-state index contributed by atoms with van der Waals surface area (Å²) in [6.45, 7) is -0.0483. The van der Waals surface area contributed by atoms with E-state index in [-0.39, 0.29) is 12.2 Å². The van der Waals surface area contributed by atoms with Crippen molar-refractivity contribution in [1.82, 2.24) is 5.32 Å². The smallest absolute Gasteiger partial charge is 0.416 e. The van der Waals surface area contributed by atoms with Gasteiger partial charge in [0.1, 0.15) is 12.6 Å². The minimum Gasteiger partial charge on any atom is -0.461 e. The van der Waals surface area contributed by atoms with Crippen molar-refractivity contribution in [3.8, 4) is 0 Å². The number of carbonyl (C=O) groups is 3. The molecule has 0 saturated heterocycles. The van der Waals surface area contributed by atoms with Crippen molar-refractivity contribution < 1.29 is 37.4 Å². The van der Waals surface area contributed by atoms with E-state index in [2.05, 4.69) is 5.32 Å². The van der Waals surface area contributed by atoms with E-state index in [1.165, 1.54) is 0 Å². The van der Waals surface area contributed by atoms with Gasteiger partial charge in [0.25, 0.3) is 5.91 Å². The number of aliphatic hydroxyl groups excluding tert-OH is 1. The van der Waals surface area contributed by atoms with E-state index in [0.717, 1.165) is 12.1 Å². The largest absolute Gasteiger partial charge is 0.461 e. The normalized spacial score (nSPS) is 13.2. The number of nitrogens with one attached hydrogen (secondary N) is 1. The van der Waals surface area contributed by atoms with Crippen molar-refractivity contribution in [1.29, 1.82) is 0 Å². The second-order valence-electron chi connectivity index (χ2n) is 6.34. The lowest BCUT2D eigenvalue weighted by Gasteiger charge is -2.18. The summed E-state index contributed by atoms with van der Waals surface area (Å²) >= 11 is 0. The van der Waals surface area contributed by atoms with Crippen LogP contribution in [0, 0.1) is 0 Å². The molecule has 0 aliphatic rings. The zero-order valence-corrected chi connectivity index (χ0v) is 15.6. The van der Waals surface area contributed by atoms with Gasteiger partial charge in [-0.15, -0.1) is 0 Å². The monoisotopic (exact) mass is 424 g/mol. The molecule has 2 rings (SSSR count). The fourth-order valence-electron chi connectivity index (χ4n) is 2.44. The maximum absolute atomic E-state index is 12.6. The number of amides is 2. The molecule has 2 amide bonds. The molecule has 2 aromatic carbocycles. The number of hydrogen-bond acceptors (Lipinski definition) is 5. The maximum Gasteiger partial charge on any atom is 0.416 e. The van der Waals surface area contributed by atoms with Gasteiger partial charge in [-0.3, -0.25) is 14.4 Å². The highest BCUT2D eigenvalue weighted by atomic mass is 19.4. The molecule has 2 atom stereocenters. The third kappa shape index (κ3) is 6.59. The molecule has 10 heteroatoms. The summed E-state index contributed by atoms with van der Waals surface area (Å²) in [4.78, 5) is 35.6. The zero-order chi connectivity index (χ0) is 22.3. The lowest BCUT2D eigenvalue weighted by molar-refractivity contribution is -0.147. The Morgan fingerprint density at radius 2 is 1.63 bits per heavy atom. The molecule has 0 bridgehead atoms. The highest BCUT2D eigenvalue weighted by Crippen LogP contribution is 2.30. The summed E-state index contributed by atoms with van der Waals surface area (Å²) in [5, 5.41) is 12.1. The van der Waals surface area contributed by atoms with Crippen LogP contribution in [0.5, 0.6) is 0 Å². The number of carbonyl (C=O) groups excluding carboxylic acids is 3. The predicted octanol–water partition coefficient (Wildman–Crippen LogP) is 1.84. The summed E-state index contributed by atoms with van der Waals surface area (Å²) in [7, 11) is 0. The Labute approximate surface area is 169 Å². The molecule has 0 spiro atoms. The third-order valence-electron chi connectivity index (χ3n) is 4.08. The first-order chi connectivity index (χ1) is 14.1. The molecule has 30 heavy (non-hydrogen) atoms. The van der Waals surface area contributed by atoms with Crippen LogP contribution < -0.4 is 11.1 Å². The molecule has 0 aliphatic heterocycles. The molecule has 0 saturated carbocycles. The topological polar surface area (TPSA) is 119 Å². The van der Waals surface area contributed by atoms with Crippen LogP contribution in [0.2, 0.25) is 0 Å². The zero-order valence-electron chi connectivity index (χ0n) is 15.6. The Kier molecular flexibility index (Phi) is 7.54. The molecule has 0 unspecified atom stereocenters. The van der Waals surface area contributed by atoms with Crippen LogP contribution in [-0.4, -0.2) is 28.9 Å². The van der Waals surface area contributed by atoms with Gasteiger partial charge in [0.2, 0.25) is 5.91 Å². The number of esters is 1. The Balaban J connectivity index is 1.95. The average molecular weight is 424 g/mol. The standard InChI is InChI=1S/C20H19F3N2O5/c21-20(22,23)14-8-6-13(7-9-14)17(27)19(29)25-15(18(24)28)10-16(26)30-11-12-4-2-1-3-5-12/h1-9,15,17,27H,10-11H2,(H2,24,28)(H,25,29)/t15-,17+/m0/s1. The Hall–Kier alpha value is -3.40. The minimum absolute atomic E-state index is 0.0483. The van der Waals surface area contributed by atoms with E-state index in [1.54, 1.807) is 30.3 Å². The van der Waals surface area contributed by atoms with E-state index in [9.17, 15) is 32.7 Å². The quantitative estimate of drug-likeness (QED) is 0.559. The van der Waals surface area contributed by atoms with Gasteiger partial charge in [-0.1, -0.05) is 42.5 Å². The molecule has 2 aromatic rings. The van der Waals surface area contributed by atoms with Crippen molar-refractivity contribution >= 4 is 17.8 Å². The van der Waals surface area contributed by atoms with Gasteiger partial charge in [0.05, 0.1) is 12.0 Å². The van der Waals surface area contributed by atoms with Gasteiger partial charge >= 0.3 is 12.1 Å². The van der Waals surface area contributed by atoms with Crippen LogP contribution in [0.4, 0.5) is 13.2 Å². The van der Waals surface area contributed by atoms with E-state index in [4.69, 9.17) is 10.5 Å². The number of aliphatic hydroxyl groups is 1. The van der Waals surface area contributed by atoms with E-state index in [0.29, 0.717) is 17.7 Å². The molecular weight excluding hydrogens is 405 g/mol. The van der Waals surface area contributed by atoms with E-state index < -0.39 is 48.1 Å². The van der Waals surface area contributed by atoms with Crippen LogP contribution in [-0.2, 0) is 31.9 Å². The van der Waals surface area contributed by atoms with Gasteiger partial charge in [-0.05, 0) is 23.3 Å². The van der Waals surface area contributed by atoms with Crippen LogP contribution in [0.25, 0.3) is 0 Å². The summed E-state index contributed by atoms with van der Waals surface area (Å²) in [5.74, 6) is -2.96. The van der Waals surface area contributed by atoms with Crippen LogP contribution in [0.15, 0.2) is 54.6 Å². The molecule has 0 radical (unpaired) electrons. The Morgan fingerprint density at radius 3 is 2.17 bits per heavy atom. The number of nitrogens with two attached hydrogens (primary N) is 1. The first kappa shape index (κ1) is 22.9. The highest BCUT2D eigenvalue weighted by Gasteiger charge is 2.31. The molecule has 0 aliphatic carbocycles. The van der Waals surface area contributed by atoms with Gasteiger partial charge < -0.3 is 20.9 Å². The third-order valence-corrected chi connectivity index (χ3v) is 4.08. The second kappa shape index (κ2) is 9.88. The molecule has 4 N–H and O–H groups in total. The van der Waals surface area contributed by atoms with Crippen molar-refractivity contribution in [2.24, 2.45) is 5.73 Å². The average Bonchev–Trinajstić information content (AvgIpc) is 2.71. The number of ether oxygens (including phenoxy) is 1. The van der Waals surface area contributed by atoms with Gasteiger partial charge in [0, 0.05) is 0 Å². The van der Waals surface area contributed by atoms with E-state index in [1.807, 2.05) is 0 Å². The number of hydrogen-bond donors (Lipinski definition) is 3. The number of benzene rings is 2. The lowest BCUT2D eigenvalue weighted by Crippen LogP contribution is -2.47. The first-order valence-corrected chi connectivity index (χ1v) is 8.72. The van der Waals surface area contributed by atoms with Crippen molar-refractivity contribution in [2.45, 2.75) is 31.3 Å². The molecule has 0 aromatic heterocycles.